The number of nitrogens with zero attached hydrogens (tertiary/aromatic N) is 2. The molecule has 2 heterocycles. The van der Waals surface area contributed by atoms with Crippen LogP contribution in [-0.2, 0) is 21.2 Å². The second-order valence-electron chi connectivity index (χ2n) is 8.46. The van der Waals surface area contributed by atoms with Gasteiger partial charge in [0.1, 0.15) is 5.82 Å². The third kappa shape index (κ3) is 4.86. The Morgan fingerprint density at radius 3 is 2.48 bits per heavy atom. The molecule has 1 fully saturated rings. The van der Waals surface area contributed by atoms with E-state index in [1.165, 1.54) is 31.2 Å². The van der Waals surface area contributed by atoms with Crippen LogP contribution in [0.4, 0.5) is 20.6 Å². The Balaban J connectivity index is 1.45. The number of halogens is 1. The Bertz CT molecular complexity index is 1190. The van der Waals surface area contributed by atoms with Crippen LogP contribution >= 0.6 is 0 Å². The van der Waals surface area contributed by atoms with E-state index in [0.29, 0.717) is 24.2 Å². The van der Waals surface area contributed by atoms with Crippen LogP contribution in [0.5, 0.6) is 0 Å². The summed E-state index contributed by atoms with van der Waals surface area (Å²) in [5, 5.41) is 2.62. The molecule has 1 saturated heterocycles. The van der Waals surface area contributed by atoms with Crippen molar-refractivity contribution in [3.8, 4) is 0 Å². The summed E-state index contributed by atoms with van der Waals surface area (Å²) in [5.41, 5.74) is 2.45. The number of benzene rings is 2. The van der Waals surface area contributed by atoms with Gasteiger partial charge in [-0.2, -0.15) is 4.72 Å². The summed E-state index contributed by atoms with van der Waals surface area (Å²) in [5.74, 6) is -0.978. The van der Waals surface area contributed by atoms with Crippen molar-refractivity contribution in [3.63, 3.8) is 0 Å². The van der Waals surface area contributed by atoms with E-state index in [1.54, 1.807) is 24.0 Å². The number of amides is 3. The third-order valence-electron chi connectivity index (χ3n) is 6.04. The summed E-state index contributed by atoms with van der Waals surface area (Å²) >= 11 is 0. The normalized spacial score (nSPS) is 16.6. The quantitative estimate of drug-likeness (QED) is 0.696. The van der Waals surface area contributed by atoms with E-state index in [-0.39, 0.29) is 10.9 Å². The minimum atomic E-state index is -3.97. The molecule has 0 saturated carbocycles. The average Bonchev–Trinajstić information content (AvgIpc) is 3.44. The van der Waals surface area contributed by atoms with Crippen LogP contribution in [0, 0.1) is 12.7 Å². The first-order valence-electron chi connectivity index (χ1n) is 10.9. The van der Waals surface area contributed by atoms with Crippen LogP contribution < -0.4 is 14.9 Å². The summed E-state index contributed by atoms with van der Waals surface area (Å²) in [6.45, 7) is 5.10. The molecule has 0 aromatic heterocycles. The van der Waals surface area contributed by atoms with Gasteiger partial charge in [-0.1, -0.05) is 0 Å². The Morgan fingerprint density at radius 1 is 1.06 bits per heavy atom. The number of nitrogens with one attached hydrogen (secondary N) is 2. The molecule has 8 nitrogen and oxygen atoms in total. The minimum absolute atomic E-state index is 0.0364. The molecule has 0 aliphatic carbocycles. The molecule has 176 valence electrons. The van der Waals surface area contributed by atoms with Gasteiger partial charge in [0.15, 0.2) is 0 Å². The maximum atomic E-state index is 13.3. The van der Waals surface area contributed by atoms with Crippen molar-refractivity contribution in [1.29, 1.82) is 0 Å². The Labute approximate surface area is 192 Å². The van der Waals surface area contributed by atoms with E-state index < -0.39 is 27.8 Å². The van der Waals surface area contributed by atoms with Crippen molar-refractivity contribution in [3.05, 3.63) is 53.3 Å². The zero-order chi connectivity index (χ0) is 23.8. The summed E-state index contributed by atoms with van der Waals surface area (Å²) in [6, 6.07) is 7.50. The lowest BCUT2D eigenvalue weighted by Gasteiger charge is -2.24. The maximum Gasteiger partial charge on any atom is 0.324 e. The van der Waals surface area contributed by atoms with Gasteiger partial charge in [-0.05, 0) is 80.6 Å². The van der Waals surface area contributed by atoms with Gasteiger partial charge < -0.3 is 10.2 Å². The molecule has 0 radical (unpaired) electrons. The fraction of sp³-hybridized carbons (Fsp3) is 0.391. The number of urea groups is 1. The van der Waals surface area contributed by atoms with Crippen molar-refractivity contribution in [2.45, 2.75) is 44.0 Å². The lowest BCUT2D eigenvalue weighted by molar-refractivity contribution is -0.117. The topological polar surface area (TPSA) is 98.8 Å². The SMILES string of the molecule is Cc1cc(F)ccc1NC(=O)[C@@H](C)NS(=O)(=O)c1ccc2c(c1)CCN2C(=O)N1CCCC1. The van der Waals surface area contributed by atoms with E-state index >= 15 is 0 Å². The first-order valence-corrected chi connectivity index (χ1v) is 12.4. The highest BCUT2D eigenvalue weighted by Crippen LogP contribution is 2.31. The molecule has 2 aromatic rings. The first-order chi connectivity index (χ1) is 15.7. The summed E-state index contributed by atoms with van der Waals surface area (Å²) in [4.78, 5) is 28.8. The first kappa shape index (κ1) is 23.2. The molecule has 2 N–H and O–H groups in total. The molecule has 0 unspecified atom stereocenters. The van der Waals surface area contributed by atoms with Crippen LogP contribution in [-0.4, -0.2) is 50.9 Å². The molecule has 10 heteroatoms. The molecule has 4 rings (SSSR count). The molecule has 33 heavy (non-hydrogen) atoms. The van der Waals surface area contributed by atoms with Gasteiger partial charge in [0.25, 0.3) is 0 Å². The number of carbonyl (C=O) groups is 2. The van der Waals surface area contributed by atoms with Crippen LogP contribution in [0.2, 0.25) is 0 Å². The molecular formula is C23H27FN4O4S. The molecule has 0 bridgehead atoms. The smallest absolute Gasteiger partial charge is 0.324 e. The van der Waals surface area contributed by atoms with Gasteiger partial charge in [0.2, 0.25) is 15.9 Å². The lowest BCUT2D eigenvalue weighted by atomic mass is 10.2. The number of likely N-dealkylation sites (tertiary alicyclic amines) is 1. The largest absolute Gasteiger partial charge is 0.324 e. The summed E-state index contributed by atoms with van der Waals surface area (Å²) in [7, 11) is -3.97. The van der Waals surface area contributed by atoms with Gasteiger partial charge in [0.05, 0.1) is 10.9 Å². The van der Waals surface area contributed by atoms with E-state index in [9.17, 15) is 22.4 Å². The van der Waals surface area contributed by atoms with Crippen LogP contribution in [0.25, 0.3) is 0 Å². The number of aryl methyl sites for hydroxylation is 1. The molecule has 3 amide bonds. The highest BCUT2D eigenvalue weighted by Gasteiger charge is 2.31. The van der Waals surface area contributed by atoms with E-state index in [2.05, 4.69) is 10.0 Å². The van der Waals surface area contributed by atoms with Crippen LogP contribution in [0.1, 0.15) is 30.9 Å². The van der Waals surface area contributed by atoms with Crippen LogP contribution in [0.15, 0.2) is 41.3 Å². The zero-order valence-corrected chi connectivity index (χ0v) is 19.4. The van der Waals surface area contributed by atoms with Gasteiger partial charge in [-0.25, -0.2) is 17.6 Å². The average molecular weight is 475 g/mol. The number of anilines is 2. The monoisotopic (exact) mass is 474 g/mol. The molecular weight excluding hydrogens is 447 g/mol. The van der Waals surface area contributed by atoms with Crippen LogP contribution in [0.3, 0.4) is 0 Å². The van der Waals surface area contributed by atoms with Crippen molar-refractivity contribution >= 4 is 33.3 Å². The van der Waals surface area contributed by atoms with Crippen molar-refractivity contribution < 1.29 is 22.4 Å². The molecule has 2 aromatic carbocycles. The number of sulfonamides is 1. The van der Waals surface area contributed by atoms with Crippen molar-refractivity contribution in [2.24, 2.45) is 0 Å². The highest BCUT2D eigenvalue weighted by atomic mass is 32.2. The minimum Gasteiger partial charge on any atom is -0.324 e. The fourth-order valence-electron chi connectivity index (χ4n) is 4.19. The second kappa shape index (κ2) is 9.11. The summed E-state index contributed by atoms with van der Waals surface area (Å²) in [6.07, 6.45) is 2.57. The number of carbonyl (C=O) groups excluding carboxylic acids is 2. The van der Waals surface area contributed by atoms with Crippen molar-refractivity contribution in [2.75, 3.05) is 29.9 Å². The Hall–Kier alpha value is -2.98. The molecule has 2 aliphatic rings. The number of hydrogen-bond donors (Lipinski definition) is 2. The predicted molar refractivity (Wildman–Crippen MR) is 123 cm³/mol. The number of hydrogen-bond acceptors (Lipinski definition) is 4. The standard InChI is InChI=1S/C23H27FN4O4S/c1-15-13-18(24)5-7-20(15)25-22(29)16(2)26-33(31,32)19-6-8-21-17(14-19)9-12-28(21)23(30)27-10-3-4-11-27/h5-8,13-14,16,26H,3-4,9-12H2,1-2H3,(H,25,29)/t16-/m1/s1. The highest BCUT2D eigenvalue weighted by molar-refractivity contribution is 7.89. The van der Waals surface area contributed by atoms with Gasteiger partial charge in [-0.3, -0.25) is 9.69 Å². The zero-order valence-electron chi connectivity index (χ0n) is 18.6. The Kier molecular flexibility index (Phi) is 6.40. The molecule has 1 atom stereocenters. The predicted octanol–water partition coefficient (Wildman–Crippen LogP) is 3.02. The molecule has 0 spiro atoms. The van der Waals surface area contributed by atoms with Gasteiger partial charge in [0, 0.05) is 31.0 Å². The van der Waals surface area contributed by atoms with E-state index in [4.69, 9.17) is 0 Å². The third-order valence-corrected chi connectivity index (χ3v) is 7.57. The fourth-order valence-corrected chi connectivity index (χ4v) is 5.44. The number of fused-ring (bicyclic) bond motifs is 1. The Morgan fingerprint density at radius 2 is 1.79 bits per heavy atom. The van der Waals surface area contributed by atoms with Crippen molar-refractivity contribution in [1.82, 2.24) is 9.62 Å². The number of rotatable bonds is 5. The lowest BCUT2D eigenvalue weighted by Crippen LogP contribution is -2.41. The molecule has 2 aliphatic heterocycles. The summed E-state index contributed by atoms with van der Waals surface area (Å²) < 4.78 is 41.5. The van der Waals surface area contributed by atoms with Gasteiger partial charge >= 0.3 is 6.03 Å². The van der Waals surface area contributed by atoms with Gasteiger partial charge in [-0.15, -0.1) is 0 Å². The van der Waals surface area contributed by atoms with E-state index in [1.807, 2.05) is 4.90 Å². The maximum absolute atomic E-state index is 13.3. The van der Waals surface area contributed by atoms with E-state index in [0.717, 1.165) is 37.2 Å². The second-order valence-corrected chi connectivity index (χ2v) is 10.2.